The smallest absolute Gasteiger partial charge is 0.211 e. The highest BCUT2D eigenvalue weighted by atomic mass is 35.5. The van der Waals surface area contributed by atoms with Gasteiger partial charge in [0.25, 0.3) is 0 Å². The molecule has 0 aliphatic carbocycles. The molecule has 3 nitrogen and oxygen atoms in total. The molecule has 86 valence electrons. The summed E-state index contributed by atoms with van der Waals surface area (Å²) in [5, 5.41) is 2.50. The normalized spacial score (nSPS) is 10.9. The van der Waals surface area contributed by atoms with Crippen molar-refractivity contribution in [2.24, 2.45) is 0 Å². The molecule has 1 aromatic carbocycles. The molecule has 1 aromatic rings. The van der Waals surface area contributed by atoms with Crippen LogP contribution in [0.4, 0.5) is 5.69 Å². The lowest BCUT2D eigenvalue weighted by molar-refractivity contribution is -0.105. The number of para-hydroxylation sites is 1. The van der Waals surface area contributed by atoms with Crippen LogP contribution in [-0.2, 0) is 4.79 Å². The van der Waals surface area contributed by atoms with Crippen molar-refractivity contribution < 1.29 is 9.59 Å². The molecule has 0 saturated heterocycles. The number of hydrogen-bond acceptors (Lipinski definition) is 2. The van der Waals surface area contributed by atoms with E-state index >= 15 is 0 Å². The summed E-state index contributed by atoms with van der Waals surface area (Å²) in [6.45, 7) is 3.56. The molecule has 0 heterocycles. The number of anilines is 1. The minimum atomic E-state index is -0.578. The van der Waals surface area contributed by atoms with Gasteiger partial charge in [-0.3, -0.25) is 9.59 Å². The number of ketones is 1. The van der Waals surface area contributed by atoms with Crippen LogP contribution in [0.25, 0.3) is 0 Å². The second-order valence-corrected chi connectivity index (χ2v) is 5.15. The molecule has 4 heteroatoms. The Labute approximate surface area is 99.8 Å². The summed E-state index contributed by atoms with van der Waals surface area (Å²) in [5.41, 5.74) is 1.01. The number of carbonyl (C=O) groups excluding carboxylic acids is 2. The van der Waals surface area contributed by atoms with Gasteiger partial charge in [-0.2, -0.15) is 0 Å². The zero-order chi connectivity index (χ0) is 12.2. The number of alkyl halides is 1. The second kappa shape index (κ2) is 5.12. The standard InChI is InChI=1S/C12H14ClNO2/c1-12(2,13)7-11(16)9-5-3-4-6-10(9)14-8-15/h3-6,8H,7H2,1-2H3,(H,14,15). The second-order valence-electron chi connectivity index (χ2n) is 4.13. The van der Waals surface area contributed by atoms with Crippen LogP contribution in [0.3, 0.4) is 0 Å². The van der Waals surface area contributed by atoms with Crippen LogP contribution in [0.15, 0.2) is 24.3 Å². The van der Waals surface area contributed by atoms with E-state index in [4.69, 9.17) is 11.6 Å². The molecule has 0 fully saturated rings. The summed E-state index contributed by atoms with van der Waals surface area (Å²) in [6.07, 6.45) is 0.782. The van der Waals surface area contributed by atoms with Crippen LogP contribution in [-0.4, -0.2) is 17.1 Å². The molecule has 0 aliphatic rings. The number of Topliss-reactive ketones (excluding diaryl/α,β-unsaturated/α-hetero) is 1. The number of amides is 1. The number of rotatable bonds is 5. The van der Waals surface area contributed by atoms with Gasteiger partial charge in [0.1, 0.15) is 0 Å². The van der Waals surface area contributed by atoms with Crippen molar-refractivity contribution in [2.75, 3.05) is 5.32 Å². The maximum absolute atomic E-state index is 11.9. The summed E-state index contributed by atoms with van der Waals surface area (Å²) in [5.74, 6) is -0.0787. The van der Waals surface area contributed by atoms with Gasteiger partial charge in [-0.05, 0) is 26.0 Å². The average molecular weight is 240 g/mol. The number of hydrogen-bond donors (Lipinski definition) is 1. The van der Waals surface area contributed by atoms with Crippen molar-refractivity contribution in [1.29, 1.82) is 0 Å². The fraction of sp³-hybridized carbons (Fsp3) is 0.333. The van der Waals surface area contributed by atoms with E-state index in [1.807, 2.05) is 0 Å². The summed E-state index contributed by atoms with van der Waals surface area (Å²) in [7, 11) is 0. The molecular formula is C12H14ClNO2. The zero-order valence-corrected chi connectivity index (χ0v) is 10.0. The fourth-order valence-corrected chi connectivity index (χ4v) is 1.51. The zero-order valence-electron chi connectivity index (χ0n) is 9.29. The minimum Gasteiger partial charge on any atom is -0.328 e. The highest BCUT2D eigenvalue weighted by molar-refractivity contribution is 6.25. The first-order valence-corrected chi connectivity index (χ1v) is 5.33. The lowest BCUT2D eigenvalue weighted by Crippen LogP contribution is -2.17. The number of carbonyl (C=O) groups is 2. The Morgan fingerprint density at radius 2 is 2.06 bits per heavy atom. The predicted octanol–water partition coefficient (Wildman–Crippen LogP) is 2.85. The highest BCUT2D eigenvalue weighted by Gasteiger charge is 2.21. The molecule has 0 bridgehead atoms. The van der Waals surface area contributed by atoms with E-state index in [0.29, 0.717) is 17.7 Å². The molecule has 0 radical (unpaired) electrons. The number of halogens is 1. The van der Waals surface area contributed by atoms with Crippen LogP contribution in [0.2, 0.25) is 0 Å². The molecule has 1 N–H and O–H groups in total. The quantitative estimate of drug-likeness (QED) is 0.488. The fourth-order valence-electron chi connectivity index (χ4n) is 1.39. The third kappa shape index (κ3) is 3.66. The lowest BCUT2D eigenvalue weighted by Gasteiger charge is -2.15. The lowest BCUT2D eigenvalue weighted by atomic mass is 9.99. The van der Waals surface area contributed by atoms with E-state index in [2.05, 4.69) is 5.32 Å². The van der Waals surface area contributed by atoms with E-state index < -0.39 is 4.87 Å². The predicted molar refractivity (Wildman–Crippen MR) is 65.0 cm³/mol. The van der Waals surface area contributed by atoms with Crippen molar-refractivity contribution in [2.45, 2.75) is 25.1 Å². The molecule has 1 amide bonds. The Morgan fingerprint density at radius 1 is 1.44 bits per heavy atom. The Hall–Kier alpha value is -1.35. The van der Waals surface area contributed by atoms with Gasteiger partial charge < -0.3 is 5.32 Å². The van der Waals surface area contributed by atoms with Crippen molar-refractivity contribution in [3.05, 3.63) is 29.8 Å². The Balaban J connectivity index is 2.94. The van der Waals surface area contributed by atoms with Gasteiger partial charge in [0.2, 0.25) is 6.41 Å². The van der Waals surface area contributed by atoms with Gasteiger partial charge in [-0.15, -0.1) is 11.6 Å². The third-order valence-electron chi connectivity index (χ3n) is 2.02. The largest absolute Gasteiger partial charge is 0.328 e. The maximum atomic E-state index is 11.9. The van der Waals surface area contributed by atoms with E-state index in [9.17, 15) is 9.59 Å². The van der Waals surface area contributed by atoms with Crippen molar-refractivity contribution in [1.82, 2.24) is 0 Å². The summed E-state index contributed by atoms with van der Waals surface area (Å²) in [4.78, 5) is 21.7. The van der Waals surface area contributed by atoms with Gasteiger partial charge in [0.05, 0.1) is 5.69 Å². The first kappa shape index (κ1) is 12.7. The minimum absolute atomic E-state index is 0.0787. The molecular weight excluding hydrogens is 226 g/mol. The van der Waals surface area contributed by atoms with E-state index in [0.717, 1.165) is 0 Å². The molecule has 0 atom stereocenters. The molecule has 0 aromatic heterocycles. The first-order chi connectivity index (χ1) is 7.44. The van der Waals surface area contributed by atoms with E-state index in [-0.39, 0.29) is 12.2 Å². The van der Waals surface area contributed by atoms with Gasteiger partial charge in [-0.1, -0.05) is 12.1 Å². The molecule has 1 rings (SSSR count). The van der Waals surface area contributed by atoms with Crippen LogP contribution in [0.1, 0.15) is 30.6 Å². The maximum Gasteiger partial charge on any atom is 0.211 e. The number of nitrogens with one attached hydrogen (secondary N) is 1. The van der Waals surface area contributed by atoms with Crippen molar-refractivity contribution in [3.63, 3.8) is 0 Å². The topological polar surface area (TPSA) is 46.2 Å². The highest BCUT2D eigenvalue weighted by Crippen LogP contribution is 2.23. The monoisotopic (exact) mass is 239 g/mol. The third-order valence-corrected chi connectivity index (χ3v) is 2.16. The van der Waals surface area contributed by atoms with Gasteiger partial charge in [0, 0.05) is 16.9 Å². The summed E-state index contributed by atoms with van der Waals surface area (Å²) >= 11 is 6.00. The van der Waals surface area contributed by atoms with Gasteiger partial charge in [-0.25, -0.2) is 0 Å². The van der Waals surface area contributed by atoms with E-state index in [1.165, 1.54) is 0 Å². The van der Waals surface area contributed by atoms with Crippen LogP contribution in [0.5, 0.6) is 0 Å². The van der Waals surface area contributed by atoms with Crippen molar-refractivity contribution >= 4 is 29.5 Å². The molecule has 0 unspecified atom stereocenters. The van der Waals surface area contributed by atoms with Gasteiger partial charge in [0.15, 0.2) is 5.78 Å². The summed E-state index contributed by atoms with van der Waals surface area (Å²) in [6, 6.07) is 6.87. The first-order valence-electron chi connectivity index (χ1n) is 4.95. The van der Waals surface area contributed by atoms with Crippen LogP contribution >= 0.6 is 11.6 Å². The Morgan fingerprint density at radius 3 is 2.62 bits per heavy atom. The Kier molecular flexibility index (Phi) is 4.07. The van der Waals surface area contributed by atoms with Crippen LogP contribution in [0, 0.1) is 0 Å². The van der Waals surface area contributed by atoms with Crippen LogP contribution < -0.4 is 5.32 Å². The molecule has 0 aliphatic heterocycles. The SMILES string of the molecule is CC(C)(Cl)CC(=O)c1ccccc1NC=O. The average Bonchev–Trinajstić information content (AvgIpc) is 2.16. The number of benzene rings is 1. The molecule has 0 spiro atoms. The summed E-state index contributed by atoms with van der Waals surface area (Å²) < 4.78 is 0. The molecule has 16 heavy (non-hydrogen) atoms. The van der Waals surface area contributed by atoms with Gasteiger partial charge >= 0.3 is 0 Å². The van der Waals surface area contributed by atoms with E-state index in [1.54, 1.807) is 38.1 Å². The van der Waals surface area contributed by atoms with Crippen molar-refractivity contribution in [3.8, 4) is 0 Å². The molecule has 0 saturated carbocycles. The Bertz CT molecular complexity index is 396.